The number of nitrogens with zero attached hydrogens (tertiary/aromatic N) is 1. The number of rotatable bonds is 6. The summed E-state index contributed by atoms with van der Waals surface area (Å²) in [4.78, 5) is 35.6. The van der Waals surface area contributed by atoms with E-state index >= 15 is 0 Å². The zero-order valence-corrected chi connectivity index (χ0v) is 15.4. The van der Waals surface area contributed by atoms with Crippen molar-refractivity contribution in [2.24, 2.45) is 0 Å². The third kappa shape index (κ3) is 5.28. The lowest BCUT2D eigenvalue weighted by Gasteiger charge is -2.09. The Morgan fingerprint density at radius 3 is 2.46 bits per heavy atom. The molecule has 0 fully saturated rings. The Balaban J connectivity index is 1.99. The summed E-state index contributed by atoms with van der Waals surface area (Å²) in [7, 11) is 0. The normalized spacial score (nSPS) is 9.93. The molecule has 2 aromatic rings. The fourth-order valence-electron chi connectivity index (χ4n) is 2.12. The van der Waals surface area contributed by atoms with Gasteiger partial charge in [0.25, 0.3) is 5.91 Å². The summed E-state index contributed by atoms with van der Waals surface area (Å²) in [5.41, 5.74) is -0.0501. The molecule has 0 bridgehead atoms. The van der Waals surface area contributed by atoms with Gasteiger partial charge in [0.1, 0.15) is 5.82 Å². The van der Waals surface area contributed by atoms with Crippen molar-refractivity contribution in [2.45, 2.75) is 6.92 Å². The largest absolute Gasteiger partial charge is 0.462 e. The molecule has 0 radical (unpaired) electrons. The molecule has 1 N–H and O–H groups in total. The summed E-state index contributed by atoms with van der Waals surface area (Å²) in [6.45, 7) is 1.12. The molecule has 28 heavy (non-hydrogen) atoms. The monoisotopic (exact) mass is 404 g/mol. The van der Waals surface area contributed by atoms with Crippen molar-refractivity contribution < 1.29 is 28.2 Å². The average molecular weight is 405 g/mol. The molecule has 0 unspecified atom stereocenters. The third-order valence-electron chi connectivity index (χ3n) is 3.40. The molecule has 0 saturated carbocycles. The molecule has 0 aliphatic rings. The summed E-state index contributed by atoms with van der Waals surface area (Å²) in [6, 6.07) is 9.15. The van der Waals surface area contributed by atoms with Crippen molar-refractivity contribution in [3.8, 4) is 6.07 Å². The lowest BCUT2D eigenvalue weighted by atomic mass is 10.1. The van der Waals surface area contributed by atoms with E-state index < -0.39 is 35.8 Å². The van der Waals surface area contributed by atoms with Crippen LogP contribution in [0.2, 0.25) is 5.02 Å². The smallest absolute Gasteiger partial charge is 0.341 e. The molecule has 144 valence electrons. The van der Waals surface area contributed by atoms with Crippen LogP contribution in [-0.4, -0.2) is 31.1 Å². The van der Waals surface area contributed by atoms with Gasteiger partial charge in [0.2, 0.25) is 0 Å². The Kier molecular flexibility index (Phi) is 7.07. The number of esters is 2. The van der Waals surface area contributed by atoms with Crippen LogP contribution in [0, 0.1) is 17.1 Å². The molecule has 0 aliphatic carbocycles. The number of carbonyl (C=O) groups is 3. The van der Waals surface area contributed by atoms with Crippen LogP contribution in [0.5, 0.6) is 0 Å². The van der Waals surface area contributed by atoms with Crippen molar-refractivity contribution >= 4 is 35.1 Å². The fourth-order valence-corrected chi connectivity index (χ4v) is 2.32. The number of nitrogens with one attached hydrogen (secondary N) is 1. The summed E-state index contributed by atoms with van der Waals surface area (Å²) in [5, 5.41) is 11.3. The molecule has 9 heteroatoms. The molecular weight excluding hydrogens is 391 g/mol. The van der Waals surface area contributed by atoms with Gasteiger partial charge in [-0.1, -0.05) is 11.6 Å². The molecule has 0 saturated heterocycles. The summed E-state index contributed by atoms with van der Waals surface area (Å²) in [6.07, 6.45) is 0. The molecule has 0 aromatic heterocycles. The van der Waals surface area contributed by atoms with Crippen molar-refractivity contribution in [2.75, 3.05) is 18.5 Å². The minimum absolute atomic E-state index is 0.0481. The van der Waals surface area contributed by atoms with Gasteiger partial charge in [0.15, 0.2) is 6.61 Å². The van der Waals surface area contributed by atoms with Crippen LogP contribution in [0.3, 0.4) is 0 Å². The molecule has 7 nitrogen and oxygen atoms in total. The number of anilines is 1. The summed E-state index contributed by atoms with van der Waals surface area (Å²) in [5.74, 6) is -3.34. The highest BCUT2D eigenvalue weighted by Crippen LogP contribution is 2.21. The quantitative estimate of drug-likeness (QED) is 0.740. The molecule has 0 spiro atoms. The Labute approximate surface area is 164 Å². The molecule has 0 aliphatic heterocycles. The Hall–Kier alpha value is -3.44. The zero-order valence-electron chi connectivity index (χ0n) is 14.6. The van der Waals surface area contributed by atoms with Crippen molar-refractivity contribution in [1.29, 1.82) is 5.26 Å². The second-order valence-electron chi connectivity index (χ2n) is 5.35. The number of halogens is 2. The summed E-state index contributed by atoms with van der Waals surface area (Å²) >= 11 is 5.93. The SMILES string of the molecule is CCOC(=O)c1cc(NC(=O)COC(=O)c2ccc(C#N)cc2F)ccc1Cl. The van der Waals surface area contributed by atoms with Gasteiger partial charge in [-0.2, -0.15) is 5.26 Å². The summed E-state index contributed by atoms with van der Waals surface area (Å²) < 4.78 is 23.4. The van der Waals surface area contributed by atoms with Crippen LogP contribution in [0.4, 0.5) is 10.1 Å². The number of benzene rings is 2. The van der Waals surface area contributed by atoms with Crippen molar-refractivity contribution in [3.05, 3.63) is 63.9 Å². The predicted molar refractivity (Wildman–Crippen MR) is 97.4 cm³/mol. The Bertz CT molecular complexity index is 971. The van der Waals surface area contributed by atoms with Crippen LogP contribution in [-0.2, 0) is 14.3 Å². The third-order valence-corrected chi connectivity index (χ3v) is 3.73. The number of carbonyl (C=O) groups excluding carboxylic acids is 3. The topological polar surface area (TPSA) is 105 Å². The first-order valence-electron chi connectivity index (χ1n) is 7.99. The lowest BCUT2D eigenvalue weighted by molar-refractivity contribution is -0.119. The zero-order chi connectivity index (χ0) is 20.7. The van der Waals surface area contributed by atoms with E-state index in [-0.39, 0.29) is 28.4 Å². The van der Waals surface area contributed by atoms with Crippen LogP contribution in [0.25, 0.3) is 0 Å². The molecular formula is C19H14ClFN2O5. The number of amides is 1. The first-order valence-corrected chi connectivity index (χ1v) is 8.36. The van der Waals surface area contributed by atoms with E-state index in [9.17, 15) is 18.8 Å². The second-order valence-corrected chi connectivity index (χ2v) is 5.75. The minimum Gasteiger partial charge on any atom is -0.462 e. The maximum Gasteiger partial charge on any atom is 0.341 e. The van der Waals surface area contributed by atoms with Crippen molar-refractivity contribution in [3.63, 3.8) is 0 Å². The standard InChI is InChI=1S/C19H14ClFN2O5/c1-2-27-19(26)14-8-12(4-6-15(14)20)23-17(24)10-28-18(25)13-5-3-11(9-22)7-16(13)21/h3-8H,2,10H2,1H3,(H,23,24). The van der Waals surface area contributed by atoms with E-state index in [0.717, 1.165) is 12.1 Å². The number of ether oxygens (including phenoxy) is 2. The van der Waals surface area contributed by atoms with Gasteiger partial charge in [0, 0.05) is 5.69 Å². The van der Waals surface area contributed by atoms with Gasteiger partial charge < -0.3 is 14.8 Å². The lowest BCUT2D eigenvalue weighted by Crippen LogP contribution is -2.21. The van der Waals surface area contributed by atoms with E-state index in [2.05, 4.69) is 5.32 Å². The first kappa shape index (κ1) is 20.9. The van der Waals surface area contributed by atoms with Crippen LogP contribution >= 0.6 is 11.6 Å². The second kappa shape index (κ2) is 9.48. The van der Waals surface area contributed by atoms with Gasteiger partial charge in [0.05, 0.1) is 34.4 Å². The van der Waals surface area contributed by atoms with Gasteiger partial charge in [-0.25, -0.2) is 14.0 Å². The highest BCUT2D eigenvalue weighted by atomic mass is 35.5. The van der Waals surface area contributed by atoms with Crippen LogP contribution in [0.1, 0.15) is 33.2 Å². The van der Waals surface area contributed by atoms with E-state index in [1.165, 1.54) is 24.3 Å². The first-order chi connectivity index (χ1) is 13.3. The van der Waals surface area contributed by atoms with Gasteiger partial charge in [-0.15, -0.1) is 0 Å². The minimum atomic E-state index is -1.06. The van der Waals surface area contributed by atoms with Crippen LogP contribution in [0.15, 0.2) is 36.4 Å². The predicted octanol–water partition coefficient (Wildman–Crippen LogP) is 3.32. The maximum atomic E-state index is 13.8. The van der Waals surface area contributed by atoms with Crippen LogP contribution < -0.4 is 5.32 Å². The Morgan fingerprint density at radius 2 is 1.82 bits per heavy atom. The molecule has 2 aromatic carbocycles. The average Bonchev–Trinajstić information content (AvgIpc) is 2.67. The highest BCUT2D eigenvalue weighted by Gasteiger charge is 2.17. The molecule has 0 atom stereocenters. The van der Waals surface area contributed by atoms with Gasteiger partial charge in [-0.05, 0) is 43.3 Å². The van der Waals surface area contributed by atoms with E-state index in [1.807, 2.05) is 0 Å². The maximum absolute atomic E-state index is 13.8. The highest BCUT2D eigenvalue weighted by molar-refractivity contribution is 6.33. The van der Waals surface area contributed by atoms with Crippen molar-refractivity contribution in [1.82, 2.24) is 0 Å². The van der Waals surface area contributed by atoms with E-state index in [1.54, 1.807) is 13.0 Å². The molecule has 0 heterocycles. The van der Waals surface area contributed by atoms with Gasteiger partial charge in [-0.3, -0.25) is 4.79 Å². The molecule has 1 amide bonds. The number of hydrogen-bond acceptors (Lipinski definition) is 6. The fraction of sp³-hybridized carbons (Fsp3) is 0.158. The van der Waals surface area contributed by atoms with E-state index in [4.69, 9.17) is 26.3 Å². The molecule has 2 rings (SSSR count). The Morgan fingerprint density at radius 1 is 1.11 bits per heavy atom. The van der Waals surface area contributed by atoms with E-state index in [0.29, 0.717) is 0 Å². The number of hydrogen-bond donors (Lipinski definition) is 1. The number of nitriles is 1. The van der Waals surface area contributed by atoms with Gasteiger partial charge >= 0.3 is 11.9 Å².